The second kappa shape index (κ2) is 4.15. The van der Waals surface area contributed by atoms with Gasteiger partial charge in [-0.15, -0.1) is 11.3 Å². The van der Waals surface area contributed by atoms with E-state index in [2.05, 4.69) is 9.97 Å². The molecule has 0 unspecified atom stereocenters. The van der Waals surface area contributed by atoms with Gasteiger partial charge in [-0.1, -0.05) is 0 Å². The van der Waals surface area contributed by atoms with Gasteiger partial charge < -0.3 is 0 Å². The first kappa shape index (κ1) is 9.74. The maximum atomic E-state index is 13.3. The molecule has 2 aromatic heterocycles. The van der Waals surface area contributed by atoms with Crippen molar-refractivity contribution in [2.45, 2.75) is 6.42 Å². The molecule has 0 N–H and O–H groups in total. The summed E-state index contributed by atoms with van der Waals surface area (Å²) in [6.45, 7) is 0. The van der Waals surface area contributed by atoms with Crippen molar-refractivity contribution in [1.82, 2.24) is 9.97 Å². The van der Waals surface area contributed by atoms with Gasteiger partial charge in [0.1, 0.15) is 10.7 Å². The molecule has 0 atom stereocenters. The zero-order valence-electron chi connectivity index (χ0n) is 7.64. The van der Waals surface area contributed by atoms with Crippen molar-refractivity contribution < 1.29 is 4.39 Å². The lowest BCUT2D eigenvalue weighted by atomic mass is 10.3. The van der Waals surface area contributed by atoms with E-state index in [1.807, 2.05) is 6.07 Å². The molecule has 0 spiro atoms. The van der Waals surface area contributed by atoms with Crippen molar-refractivity contribution in [2.75, 3.05) is 0 Å². The van der Waals surface area contributed by atoms with Gasteiger partial charge >= 0.3 is 0 Å². The molecule has 0 aromatic carbocycles. The Morgan fingerprint density at radius 2 is 2.40 bits per heavy atom. The van der Waals surface area contributed by atoms with Crippen LogP contribution in [-0.2, 0) is 6.42 Å². The van der Waals surface area contributed by atoms with E-state index in [1.165, 1.54) is 29.7 Å². The molecule has 0 aliphatic carbocycles. The summed E-state index contributed by atoms with van der Waals surface area (Å²) in [6, 6.07) is 4.86. The van der Waals surface area contributed by atoms with Crippen LogP contribution < -0.4 is 0 Å². The fraction of sp³-hybridized carbons (Fsp3) is 0.100. The van der Waals surface area contributed by atoms with Crippen molar-refractivity contribution >= 4 is 11.3 Å². The molecule has 74 valence electrons. The lowest BCUT2D eigenvalue weighted by molar-refractivity contribution is 0.625. The highest BCUT2D eigenvalue weighted by Gasteiger charge is 2.10. The Morgan fingerprint density at radius 3 is 3.13 bits per heavy atom. The van der Waals surface area contributed by atoms with E-state index in [4.69, 9.17) is 5.26 Å². The summed E-state index contributed by atoms with van der Waals surface area (Å²) in [4.78, 5) is 8.04. The molecule has 0 saturated heterocycles. The minimum absolute atomic E-state index is 0.241. The van der Waals surface area contributed by atoms with Crippen LogP contribution in [0, 0.1) is 17.1 Å². The Kier molecular flexibility index (Phi) is 2.70. The van der Waals surface area contributed by atoms with E-state index >= 15 is 0 Å². The lowest BCUT2D eigenvalue weighted by Crippen LogP contribution is -1.88. The summed E-state index contributed by atoms with van der Waals surface area (Å²) >= 11 is 1.29. The second-order valence-corrected chi connectivity index (χ2v) is 3.67. The number of aromatic nitrogens is 2. The van der Waals surface area contributed by atoms with Gasteiger partial charge in [0.15, 0.2) is 5.82 Å². The van der Waals surface area contributed by atoms with E-state index in [-0.39, 0.29) is 12.1 Å². The third-order valence-corrected chi connectivity index (χ3v) is 2.67. The van der Waals surface area contributed by atoms with Crippen molar-refractivity contribution in [3.05, 3.63) is 35.2 Å². The van der Waals surface area contributed by atoms with Crippen LogP contribution in [-0.4, -0.2) is 9.97 Å². The molecular formula is C10H6FN3S. The molecule has 2 rings (SSSR count). The predicted octanol–water partition coefficient (Wildman–Crippen LogP) is 2.41. The summed E-state index contributed by atoms with van der Waals surface area (Å²) in [6.07, 6.45) is 1.76. The standard InChI is InChI=1S/C10H6FN3S/c11-8-2-1-5-13-9(8)10-14-7(3-4-12)6-15-10/h1-2,5-6H,3H2. The summed E-state index contributed by atoms with van der Waals surface area (Å²) in [7, 11) is 0. The zero-order valence-corrected chi connectivity index (χ0v) is 8.46. The minimum atomic E-state index is -0.393. The third kappa shape index (κ3) is 2.00. The van der Waals surface area contributed by atoms with Crippen LogP contribution in [0.15, 0.2) is 23.7 Å². The molecule has 3 nitrogen and oxygen atoms in total. The average molecular weight is 219 g/mol. The number of hydrogen-bond donors (Lipinski definition) is 0. The maximum Gasteiger partial charge on any atom is 0.151 e. The molecule has 0 amide bonds. The SMILES string of the molecule is N#CCc1csc(-c2ncccc2F)n1. The fourth-order valence-electron chi connectivity index (χ4n) is 1.12. The van der Waals surface area contributed by atoms with Crippen molar-refractivity contribution in [1.29, 1.82) is 5.26 Å². The molecule has 2 heterocycles. The summed E-state index contributed by atoms with van der Waals surface area (Å²) in [5.74, 6) is -0.393. The first-order chi connectivity index (χ1) is 7.31. The Bertz CT molecular complexity index is 515. The van der Waals surface area contributed by atoms with Gasteiger partial charge in [0.05, 0.1) is 18.2 Å². The molecule has 5 heteroatoms. The quantitative estimate of drug-likeness (QED) is 0.779. The van der Waals surface area contributed by atoms with E-state index in [0.717, 1.165) is 0 Å². The Labute approximate surface area is 89.9 Å². The first-order valence-electron chi connectivity index (χ1n) is 4.23. The molecule has 0 fully saturated rings. The van der Waals surface area contributed by atoms with E-state index in [9.17, 15) is 4.39 Å². The van der Waals surface area contributed by atoms with Gasteiger partial charge in [-0.3, -0.25) is 4.98 Å². The predicted molar refractivity (Wildman–Crippen MR) is 54.6 cm³/mol. The smallest absolute Gasteiger partial charge is 0.151 e. The third-order valence-electron chi connectivity index (χ3n) is 1.77. The van der Waals surface area contributed by atoms with Crippen molar-refractivity contribution in [2.24, 2.45) is 0 Å². The summed E-state index contributed by atoms with van der Waals surface area (Å²) in [5.41, 5.74) is 0.897. The molecule has 0 aliphatic heterocycles. The average Bonchev–Trinajstić information content (AvgIpc) is 2.68. The van der Waals surface area contributed by atoms with Gasteiger partial charge in [-0.05, 0) is 12.1 Å². The second-order valence-electron chi connectivity index (χ2n) is 2.81. The van der Waals surface area contributed by atoms with Crippen molar-refractivity contribution in [3.63, 3.8) is 0 Å². The highest BCUT2D eigenvalue weighted by molar-refractivity contribution is 7.13. The number of nitriles is 1. The normalized spacial score (nSPS) is 9.87. The van der Waals surface area contributed by atoms with Crippen molar-refractivity contribution in [3.8, 4) is 16.8 Å². The summed E-state index contributed by atoms with van der Waals surface area (Å²) < 4.78 is 13.3. The number of pyridine rings is 1. The highest BCUT2D eigenvalue weighted by Crippen LogP contribution is 2.23. The van der Waals surface area contributed by atoms with Crippen LogP contribution in [0.3, 0.4) is 0 Å². The van der Waals surface area contributed by atoms with Crippen LogP contribution in [0.4, 0.5) is 4.39 Å². The molecule has 0 bridgehead atoms. The topological polar surface area (TPSA) is 49.6 Å². The molecular weight excluding hydrogens is 213 g/mol. The van der Waals surface area contributed by atoms with Crippen LogP contribution in [0.25, 0.3) is 10.7 Å². The van der Waals surface area contributed by atoms with Crippen LogP contribution >= 0.6 is 11.3 Å². The Morgan fingerprint density at radius 1 is 1.53 bits per heavy atom. The summed E-state index contributed by atoms with van der Waals surface area (Å²) in [5, 5.41) is 10.7. The van der Waals surface area contributed by atoms with Gasteiger partial charge in [-0.25, -0.2) is 9.37 Å². The van der Waals surface area contributed by atoms with Gasteiger partial charge in [-0.2, -0.15) is 5.26 Å². The van der Waals surface area contributed by atoms with Gasteiger partial charge in [0.25, 0.3) is 0 Å². The molecule has 2 aromatic rings. The number of hydrogen-bond acceptors (Lipinski definition) is 4. The van der Waals surface area contributed by atoms with E-state index in [0.29, 0.717) is 10.7 Å². The maximum absolute atomic E-state index is 13.3. The van der Waals surface area contributed by atoms with Gasteiger partial charge in [0, 0.05) is 11.6 Å². The van der Waals surface area contributed by atoms with Crippen LogP contribution in [0.2, 0.25) is 0 Å². The lowest BCUT2D eigenvalue weighted by Gasteiger charge is -1.95. The zero-order chi connectivity index (χ0) is 10.7. The van der Waals surface area contributed by atoms with E-state index in [1.54, 1.807) is 5.38 Å². The molecule has 0 aliphatic rings. The number of halogens is 1. The minimum Gasteiger partial charge on any atom is -0.251 e. The van der Waals surface area contributed by atoms with E-state index < -0.39 is 5.82 Å². The number of rotatable bonds is 2. The monoisotopic (exact) mass is 219 g/mol. The molecule has 15 heavy (non-hydrogen) atoms. The van der Waals surface area contributed by atoms with Crippen LogP contribution in [0.1, 0.15) is 5.69 Å². The number of thiazole rings is 1. The number of nitrogens with zero attached hydrogens (tertiary/aromatic N) is 3. The Balaban J connectivity index is 2.38. The highest BCUT2D eigenvalue weighted by atomic mass is 32.1. The first-order valence-corrected chi connectivity index (χ1v) is 5.11. The Hall–Kier alpha value is -1.80. The fourth-order valence-corrected chi connectivity index (χ4v) is 1.94. The van der Waals surface area contributed by atoms with Crippen LogP contribution in [0.5, 0.6) is 0 Å². The van der Waals surface area contributed by atoms with Gasteiger partial charge in [0.2, 0.25) is 0 Å². The largest absolute Gasteiger partial charge is 0.251 e. The molecule has 0 saturated carbocycles. The molecule has 0 radical (unpaired) electrons.